The Labute approximate surface area is 123 Å². The van der Waals surface area contributed by atoms with Crippen molar-refractivity contribution in [2.75, 3.05) is 0 Å². The highest BCUT2D eigenvalue weighted by molar-refractivity contribution is 7.83. The van der Waals surface area contributed by atoms with Crippen LogP contribution in [0.3, 0.4) is 0 Å². The van der Waals surface area contributed by atoms with Crippen LogP contribution in [-0.4, -0.2) is 14.3 Å². The number of hydrogen-bond donors (Lipinski definition) is 1. The summed E-state index contributed by atoms with van der Waals surface area (Å²) in [6.45, 7) is 3.91. The average Bonchev–Trinajstić information content (AvgIpc) is 2.30. The van der Waals surface area contributed by atoms with Crippen molar-refractivity contribution in [1.29, 1.82) is 0 Å². The van der Waals surface area contributed by atoms with Crippen molar-refractivity contribution < 1.29 is 0 Å². The Morgan fingerprint density at radius 2 is 1.61 bits per heavy atom. The first-order valence-corrected chi connectivity index (χ1v) is 6.46. The molecule has 1 aromatic carbocycles. The summed E-state index contributed by atoms with van der Waals surface area (Å²) in [6, 6.07) is 9.34. The van der Waals surface area contributed by atoms with E-state index < -0.39 is 0 Å². The van der Waals surface area contributed by atoms with Crippen LogP contribution < -0.4 is 0 Å². The lowest BCUT2D eigenvalue weighted by Gasteiger charge is -1.94. The molecule has 1 aromatic heterocycles. The molecule has 0 atom stereocenters. The van der Waals surface area contributed by atoms with E-state index in [1.54, 1.807) is 6.33 Å². The highest BCUT2D eigenvalue weighted by Gasteiger charge is 1.94. The Balaban J connectivity index is 0.000000184. The van der Waals surface area contributed by atoms with Gasteiger partial charge in [0.2, 0.25) is 0 Å². The zero-order valence-electron chi connectivity index (χ0n) is 10.1. The van der Waals surface area contributed by atoms with Crippen LogP contribution in [0, 0.1) is 13.8 Å². The average molecular weight is 297 g/mol. The van der Waals surface area contributed by atoms with Gasteiger partial charge >= 0.3 is 0 Å². The van der Waals surface area contributed by atoms with Crippen molar-refractivity contribution in [3.05, 3.63) is 53.6 Å². The Morgan fingerprint density at radius 1 is 1.11 bits per heavy atom. The van der Waals surface area contributed by atoms with E-state index in [4.69, 9.17) is 23.8 Å². The molecule has 0 fully saturated rings. The van der Waals surface area contributed by atoms with Gasteiger partial charge in [-0.15, -0.1) is 12.6 Å². The SMILES string of the molecule is Cc1cc(C)ncn1.S=C(Cl)c1ccc(S)cc1. The van der Waals surface area contributed by atoms with Gasteiger partial charge in [-0.1, -0.05) is 36.0 Å². The molecule has 0 unspecified atom stereocenters. The maximum atomic E-state index is 5.56. The molecule has 0 aliphatic heterocycles. The van der Waals surface area contributed by atoms with Crippen molar-refractivity contribution in [3.63, 3.8) is 0 Å². The second-order valence-electron chi connectivity index (χ2n) is 3.62. The monoisotopic (exact) mass is 296 g/mol. The second-order valence-corrected chi connectivity index (χ2v) is 5.15. The van der Waals surface area contributed by atoms with Gasteiger partial charge in [0, 0.05) is 21.8 Å². The molecule has 0 radical (unpaired) electrons. The normalized spacial score (nSPS) is 9.33. The van der Waals surface area contributed by atoms with Gasteiger partial charge in [0.05, 0.1) is 0 Å². The lowest BCUT2D eigenvalue weighted by atomic mass is 10.2. The Hall–Kier alpha value is -0.970. The molecule has 0 saturated carbocycles. The van der Waals surface area contributed by atoms with Crippen molar-refractivity contribution in [2.45, 2.75) is 18.7 Å². The minimum Gasteiger partial charge on any atom is -0.242 e. The topological polar surface area (TPSA) is 25.8 Å². The summed E-state index contributed by atoms with van der Waals surface area (Å²) in [5, 5.41) is 0. The predicted octanol–water partition coefficient (Wildman–Crippen LogP) is 3.98. The van der Waals surface area contributed by atoms with Crippen molar-refractivity contribution in [1.82, 2.24) is 9.97 Å². The molecule has 0 aliphatic carbocycles. The summed E-state index contributed by atoms with van der Waals surface area (Å²) in [4.78, 5) is 8.77. The molecule has 2 aromatic rings. The highest BCUT2D eigenvalue weighted by Crippen LogP contribution is 2.10. The predicted molar refractivity (Wildman–Crippen MR) is 82.8 cm³/mol. The molecule has 0 amide bonds. The quantitative estimate of drug-likeness (QED) is 0.490. The minimum absolute atomic E-state index is 0.397. The molecule has 18 heavy (non-hydrogen) atoms. The molecule has 0 N–H and O–H groups in total. The highest BCUT2D eigenvalue weighted by atomic mass is 35.5. The van der Waals surface area contributed by atoms with Gasteiger partial charge < -0.3 is 0 Å². The fourth-order valence-corrected chi connectivity index (χ4v) is 1.59. The zero-order valence-corrected chi connectivity index (χ0v) is 12.6. The number of thiocarbonyl (C=S) groups is 1. The molecule has 0 spiro atoms. The van der Waals surface area contributed by atoms with E-state index in [-0.39, 0.29) is 0 Å². The first-order chi connectivity index (χ1) is 8.49. The summed E-state index contributed by atoms with van der Waals surface area (Å²) in [7, 11) is 0. The number of rotatable bonds is 1. The molecule has 94 valence electrons. The van der Waals surface area contributed by atoms with Crippen LogP contribution in [-0.2, 0) is 0 Å². The third-order valence-electron chi connectivity index (χ3n) is 2.03. The number of thiol groups is 1. The Kier molecular flexibility index (Phi) is 6.25. The summed E-state index contributed by atoms with van der Waals surface area (Å²) < 4.78 is 0.397. The third-order valence-corrected chi connectivity index (χ3v) is 2.79. The second kappa shape index (κ2) is 7.46. The van der Waals surface area contributed by atoms with E-state index >= 15 is 0 Å². The van der Waals surface area contributed by atoms with Crippen LogP contribution in [0.5, 0.6) is 0 Å². The fraction of sp³-hybridized carbons (Fsp3) is 0.154. The lowest BCUT2D eigenvalue weighted by Crippen LogP contribution is -1.84. The van der Waals surface area contributed by atoms with E-state index in [9.17, 15) is 0 Å². The molecular weight excluding hydrogens is 284 g/mol. The van der Waals surface area contributed by atoms with Crippen LogP contribution in [0.4, 0.5) is 0 Å². The number of aromatic nitrogens is 2. The van der Waals surface area contributed by atoms with Gasteiger partial charge in [-0.25, -0.2) is 9.97 Å². The zero-order chi connectivity index (χ0) is 13.5. The number of nitrogens with zero attached hydrogens (tertiary/aromatic N) is 2. The van der Waals surface area contributed by atoms with Gasteiger partial charge in [0.1, 0.15) is 10.7 Å². The smallest absolute Gasteiger partial charge is 0.115 e. The fourth-order valence-electron chi connectivity index (χ4n) is 1.18. The molecule has 1 heterocycles. The van der Waals surface area contributed by atoms with Gasteiger partial charge in [-0.2, -0.15) is 0 Å². The van der Waals surface area contributed by atoms with Gasteiger partial charge in [-0.05, 0) is 32.0 Å². The summed E-state index contributed by atoms with van der Waals surface area (Å²) in [5.41, 5.74) is 2.92. The lowest BCUT2D eigenvalue weighted by molar-refractivity contribution is 1.05. The molecule has 0 aliphatic rings. The van der Waals surface area contributed by atoms with E-state index in [1.165, 1.54) is 0 Å². The number of hydrogen-bond acceptors (Lipinski definition) is 4. The van der Waals surface area contributed by atoms with Crippen LogP contribution in [0.1, 0.15) is 17.0 Å². The first-order valence-electron chi connectivity index (χ1n) is 5.23. The molecule has 2 nitrogen and oxygen atoms in total. The van der Waals surface area contributed by atoms with Gasteiger partial charge in [0.15, 0.2) is 0 Å². The van der Waals surface area contributed by atoms with E-state index in [2.05, 4.69) is 22.6 Å². The van der Waals surface area contributed by atoms with Gasteiger partial charge in [-0.3, -0.25) is 0 Å². The third kappa shape index (κ3) is 5.58. The molecule has 5 heteroatoms. The summed E-state index contributed by atoms with van der Waals surface area (Å²) in [6.07, 6.45) is 1.57. The summed E-state index contributed by atoms with van der Waals surface area (Å²) in [5.74, 6) is 0. The standard InChI is InChI=1S/C7H5ClS2.C6H8N2/c8-7(10)5-1-3-6(9)4-2-5;1-5-3-6(2)8-4-7-5/h1-4,9H;3-4H,1-2H3. The summed E-state index contributed by atoms with van der Waals surface area (Å²) >= 11 is 14.4. The molecular formula is C13H13ClN2S2. The first kappa shape index (κ1) is 15.1. The van der Waals surface area contributed by atoms with Crippen LogP contribution >= 0.6 is 36.4 Å². The maximum absolute atomic E-state index is 5.56. The van der Waals surface area contributed by atoms with E-state index in [0.717, 1.165) is 21.8 Å². The maximum Gasteiger partial charge on any atom is 0.115 e. The molecule has 0 saturated heterocycles. The Bertz CT molecular complexity index is 510. The number of halogens is 1. The molecule has 0 bridgehead atoms. The van der Waals surface area contributed by atoms with Crippen LogP contribution in [0.25, 0.3) is 0 Å². The van der Waals surface area contributed by atoms with Crippen molar-refractivity contribution in [3.8, 4) is 0 Å². The molecule has 2 rings (SSSR count). The van der Waals surface area contributed by atoms with Crippen LogP contribution in [0.2, 0.25) is 0 Å². The van der Waals surface area contributed by atoms with Gasteiger partial charge in [0.25, 0.3) is 0 Å². The van der Waals surface area contributed by atoms with Crippen LogP contribution in [0.15, 0.2) is 41.6 Å². The van der Waals surface area contributed by atoms with Crippen molar-refractivity contribution in [2.24, 2.45) is 0 Å². The van der Waals surface area contributed by atoms with E-state index in [1.807, 2.05) is 44.2 Å². The number of aryl methyl sites for hydroxylation is 2. The minimum atomic E-state index is 0.397. The number of benzene rings is 1. The van der Waals surface area contributed by atoms with E-state index in [0.29, 0.717) is 4.32 Å². The van der Waals surface area contributed by atoms with Crippen molar-refractivity contribution >= 4 is 40.8 Å². The Morgan fingerprint density at radius 3 is 1.94 bits per heavy atom. The largest absolute Gasteiger partial charge is 0.242 e.